The summed E-state index contributed by atoms with van der Waals surface area (Å²) in [6.07, 6.45) is 5.40. The average molecular weight is 265 g/mol. The first-order valence-electron chi connectivity index (χ1n) is 6.87. The summed E-state index contributed by atoms with van der Waals surface area (Å²) in [5.74, 6) is 1.76. The van der Waals surface area contributed by atoms with Crippen LogP contribution in [0, 0.1) is 5.92 Å². The lowest BCUT2D eigenvalue weighted by molar-refractivity contribution is 0.339. The van der Waals surface area contributed by atoms with E-state index in [1.807, 2.05) is 24.8 Å². The molecule has 3 heteroatoms. The highest BCUT2D eigenvalue weighted by atomic mass is 32.2. The smallest absolute Gasteiger partial charge is 0.122 e. The van der Waals surface area contributed by atoms with E-state index in [0.29, 0.717) is 6.61 Å². The summed E-state index contributed by atoms with van der Waals surface area (Å²) in [6, 6.07) is 6.08. The van der Waals surface area contributed by atoms with Gasteiger partial charge < -0.3 is 10.5 Å². The highest BCUT2D eigenvalue weighted by Gasteiger charge is 2.20. The van der Waals surface area contributed by atoms with Crippen molar-refractivity contribution in [2.45, 2.75) is 49.7 Å². The molecule has 0 radical (unpaired) electrons. The number of anilines is 1. The van der Waals surface area contributed by atoms with Crippen molar-refractivity contribution in [3.63, 3.8) is 0 Å². The van der Waals surface area contributed by atoms with Crippen molar-refractivity contribution in [3.8, 4) is 5.75 Å². The van der Waals surface area contributed by atoms with Crippen molar-refractivity contribution < 1.29 is 4.74 Å². The molecule has 0 aromatic heterocycles. The Kier molecular flexibility index (Phi) is 4.81. The molecule has 1 aliphatic carbocycles. The minimum absolute atomic E-state index is 0.689. The molecule has 2 N–H and O–H groups in total. The van der Waals surface area contributed by atoms with Crippen molar-refractivity contribution in [3.05, 3.63) is 18.2 Å². The first kappa shape index (κ1) is 13.6. The number of benzene rings is 1. The molecule has 0 spiro atoms. The monoisotopic (exact) mass is 265 g/mol. The molecule has 1 fully saturated rings. The Labute approximate surface area is 114 Å². The first-order chi connectivity index (χ1) is 8.67. The van der Waals surface area contributed by atoms with E-state index in [-0.39, 0.29) is 0 Å². The van der Waals surface area contributed by atoms with Crippen molar-refractivity contribution in [2.24, 2.45) is 5.92 Å². The third-order valence-electron chi connectivity index (χ3n) is 3.40. The van der Waals surface area contributed by atoms with Crippen LogP contribution < -0.4 is 10.5 Å². The minimum atomic E-state index is 0.689. The average Bonchev–Trinajstić information content (AvgIpc) is 2.28. The molecular formula is C15H23NOS. The van der Waals surface area contributed by atoms with Crippen LogP contribution in [0.2, 0.25) is 0 Å². The molecule has 0 heterocycles. The van der Waals surface area contributed by atoms with Crippen LogP contribution in [0.15, 0.2) is 23.1 Å². The minimum Gasteiger partial charge on any atom is -0.494 e. The maximum absolute atomic E-state index is 5.93. The van der Waals surface area contributed by atoms with Gasteiger partial charge in [-0.15, -0.1) is 11.8 Å². The summed E-state index contributed by atoms with van der Waals surface area (Å²) in [5, 5.41) is 0.741. The molecule has 0 saturated heterocycles. The Morgan fingerprint density at radius 1 is 1.33 bits per heavy atom. The Balaban J connectivity index is 2.03. The fraction of sp³-hybridized carbons (Fsp3) is 0.600. The molecular weight excluding hydrogens is 242 g/mol. The Bertz CT molecular complexity index is 394. The van der Waals surface area contributed by atoms with Crippen LogP contribution in [-0.2, 0) is 0 Å². The highest BCUT2D eigenvalue weighted by Crippen LogP contribution is 2.37. The van der Waals surface area contributed by atoms with Gasteiger partial charge in [0.2, 0.25) is 0 Å². The summed E-state index contributed by atoms with van der Waals surface area (Å²) in [4.78, 5) is 1.25. The topological polar surface area (TPSA) is 35.2 Å². The van der Waals surface area contributed by atoms with Gasteiger partial charge in [-0.05, 0) is 37.8 Å². The van der Waals surface area contributed by atoms with Crippen LogP contribution >= 0.6 is 11.8 Å². The third-order valence-corrected chi connectivity index (χ3v) is 4.67. The SMILES string of the molecule is CCOc1cc(N)cc(SC2CCCC(C)C2)c1. The standard InChI is InChI=1S/C15H23NOS/c1-3-17-13-8-12(16)9-15(10-13)18-14-6-4-5-11(2)7-14/h8-11,14H,3-7,16H2,1-2H3. The first-order valence-corrected chi connectivity index (χ1v) is 7.75. The largest absolute Gasteiger partial charge is 0.494 e. The molecule has 18 heavy (non-hydrogen) atoms. The number of nitrogen functional groups attached to an aromatic ring is 1. The summed E-state index contributed by atoms with van der Waals surface area (Å²) < 4.78 is 5.54. The van der Waals surface area contributed by atoms with Gasteiger partial charge in [-0.3, -0.25) is 0 Å². The molecule has 1 aromatic carbocycles. The van der Waals surface area contributed by atoms with E-state index in [2.05, 4.69) is 19.1 Å². The predicted molar refractivity (Wildman–Crippen MR) is 79.3 cm³/mol. The zero-order chi connectivity index (χ0) is 13.0. The maximum Gasteiger partial charge on any atom is 0.122 e. The number of ether oxygens (including phenoxy) is 1. The fourth-order valence-electron chi connectivity index (χ4n) is 2.59. The molecule has 100 valence electrons. The molecule has 2 unspecified atom stereocenters. The van der Waals surface area contributed by atoms with Crippen molar-refractivity contribution in [2.75, 3.05) is 12.3 Å². The zero-order valence-electron chi connectivity index (χ0n) is 11.3. The molecule has 2 rings (SSSR count). The second-order valence-corrected chi connectivity index (χ2v) is 6.56. The van der Waals surface area contributed by atoms with Crippen molar-refractivity contribution >= 4 is 17.4 Å². The number of hydrogen-bond acceptors (Lipinski definition) is 3. The van der Waals surface area contributed by atoms with E-state index in [1.54, 1.807) is 0 Å². The maximum atomic E-state index is 5.93. The normalized spacial score (nSPS) is 23.9. The third kappa shape index (κ3) is 3.84. The molecule has 1 aromatic rings. The molecule has 1 saturated carbocycles. The van der Waals surface area contributed by atoms with Gasteiger partial charge in [0.15, 0.2) is 0 Å². The molecule has 1 aliphatic rings. The lowest BCUT2D eigenvalue weighted by Gasteiger charge is -2.26. The summed E-state index contributed by atoms with van der Waals surface area (Å²) in [7, 11) is 0. The van der Waals surface area contributed by atoms with E-state index in [1.165, 1.54) is 30.6 Å². The van der Waals surface area contributed by atoms with Gasteiger partial charge in [0, 0.05) is 21.9 Å². The van der Waals surface area contributed by atoms with Gasteiger partial charge in [-0.2, -0.15) is 0 Å². The molecule has 0 aliphatic heterocycles. The summed E-state index contributed by atoms with van der Waals surface area (Å²) in [6.45, 7) is 5.05. The lowest BCUT2D eigenvalue weighted by atomic mass is 9.91. The van der Waals surface area contributed by atoms with Crippen LogP contribution in [-0.4, -0.2) is 11.9 Å². The van der Waals surface area contributed by atoms with Gasteiger partial charge in [0.1, 0.15) is 5.75 Å². The van der Waals surface area contributed by atoms with Crippen LogP contribution in [0.3, 0.4) is 0 Å². The van der Waals surface area contributed by atoms with E-state index >= 15 is 0 Å². The van der Waals surface area contributed by atoms with Crippen LogP contribution in [0.1, 0.15) is 39.5 Å². The van der Waals surface area contributed by atoms with Gasteiger partial charge in [-0.25, -0.2) is 0 Å². The Morgan fingerprint density at radius 2 is 2.17 bits per heavy atom. The fourth-order valence-corrected chi connectivity index (χ4v) is 4.07. The number of hydrogen-bond donors (Lipinski definition) is 1. The van der Waals surface area contributed by atoms with Gasteiger partial charge in [0.05, 0.1) is 6.61 Å². The van der Waals surface area contributed by atoms with E-state index < -0.39 is 0 Å². The molecule has 0 bridgehead atoms. The van der Waals surface area contributed by atoms with E-state index in [4.69, 9.17) is 10.5 Å². The van der Waals surface area contributed by atoms with E-state index in [0.717, 1.165) is 22.6 Å². The number of thioether (sulfide) groups is 1. The number of rotatable bonds is 4. The second-order valence-electron chi connectivity index (χ2n) is 5.18. The molecule has 2 nitrogen and oxygen atoms in total. The van der Waals surface area contributed by atoms with E-state index in [9.17, 15) is 0 Å². The predicted octanol–water partition coefficient (Wildman–Crippen LogP) is 4.34. The van der Waals surface area contributed by atoms with Crippen LogP contribution in [0.5, 0.6) is 5.75 Å². The van der Waals surface area contributed by atoms with Gasteiger partial charge >= 0.3 is 0 Å². The molecule has 2 atom stereocenters. The van der Waals surface area contributed by atoms with Crippen molar-refractivity contribution in [1.82, 2.24) is 0 Å². The van der Waals surface area contributed by atoms with Gasteiger partial charge in [0.25, 0.3) is 0 Å². The van der Waals surface area contributed by atoms with Crippen LogP contribution in [0.4, 0.5) is 5.69 Å². The van der Waals surface area contributed by atoms with Crippen LogP contribution in [0.25, 0.3) is 0 Å². The van der Waals surface area contributed by atoms with Crippen molar-refractivity contribution in [1.29, 1.82) is 0 Å². The highest BCUT2D eigenvalue weighted by molar-refractivity contribution is 8.00. The summed E-state index contributed by atoms with van der Waals surface area (Å²) >= 11 is 1.96. The second kappa shape index (κ2) is 6.37. The lowest BCUT2D eigenvalue weighted by Crippen LogP contribution is -2.14. The zero-order valence-corrected chi connectivity index (χ0v) is 12.1. The quantitative estimate of drug-likeness (QED) is 0.823. The summed E-state index contributed by atoms with van der Waals surface area (Å²) in [5.41, 5.74) is 6.73. The Hall–Kier alpha value is -0.830. The Morgan fingerprint density at radius 3 is 2.89 bits per heavy atom. The number of nitrogens with two attached hydrogens (primary N) is 1. The van der Waals surface area contributed by atoms with Gasteiger partial charge in [-0.1, -0.05) is 19.8 Å². The molecule has 0 amide bonds.